The number of nitrogens with zero attached hydrogens (tertiary/aromatic N) is 1. The number of likely N-dealkylation sites (tertiary alicyclic amines) is 1. The summed E-state index contributed by atoms with van der Waals surface area (Å²) in [7, 11) is 0. The van der Waals surface area contributed by atoms with Crippen LogP contribution in [0.25, 0.3) is 0 Å². The molecular formula is C16H29NO2. The van der Waals surface area contributed by atoms with E-state index in [9.17, 15) is 9.90 Å². The Bertz CT molecular complexity index is 282. The highest BCUT2D eigenvalue weighted by Gasteiger charge is 2.36. The van der Waals surface area contributed by atoms with Crippen LogP contribution in [-0.4, -0.2) is 41.5 Å². The normalized spacial score (nSPS) is 29.9. The summed E-state index contributed by atoms with van der Waals surface area (Å²) < 4.78 is 0. The molecule has 0 bridgehead atoms. The lowest BCUT2D eigenvalue weighted by atomic mass is 9.81. The average molecular weight is 267 g/mol. The smallest absolute Gasteiger partial charge is 0.127 e. The first-order chi connectivity index (χ1) is 9.15. The molecule has 2 rings (SSSR count). The maximum Gasteiger partial charge on any atom is 0.127 e. The van der Waals surface area contributed by atoms with Gasteiger partial charge in [0.1, 0.15) is 6.29 Å². The molecule has 1 saturated carbocycles. The van der Waals surface area contributed by atoms with Gasteiger partial charge in [0.25, 0.3) is 0 Å². The van der Waals surface area contributed by atoms with Crippen LogP contribution in [0.5, 0.6) is 0 Å². The number of aliphatic hydroxyl groups is 1. The Balaban J connectivity index is 1.98. The molecule has 110 valence electrons. The zero-order valence-corrected chi connectivity index (χ0v) is 12.3. The van der Waals surface area contributed by atoms with Crippen molar-refractivity contribution in [1.29, 1.82) is 0 Å². The standard InChI is InChI=1S/C16H29NO2/c1-14(19)11-15-7-6-10-17(15)12-16(13-18)8-4-2-3-5-9-16/h13-15,19H,2-12H2,1H3. The average Bonchev–Trinajstić information content (AvgIpc) is 2.65. The van der Waals surface area contributed by atoms with Crippen molar-refractivity contribution in [3.05, 3.63) is 0 Å². The highest BCUT2D eigenvalue weighted by Crippen LogP contribution is 2.36. The Labute approximate surface area is 117 Å². The Morgan fingerprint density at radius 2 is 1.95 bits per heavy atom. The van der Waals surface area contributed by atoms with Crippen molar-refractivity contribution < 1.29 is 9.90 Å². The number of aldehydes is 1. The molecule has 3 heteroatoms. The Morgan fingerprint density at radius 3 is 2.53 bits per heavy atom. The fraction of sp³-hybridized carbons (Fsp3) is 0.938. The van der Waals surface area contributed by atoms with E-state index in [1.807, 2.05) is 6.92 Å². The number of hydrogen-bond acceptors (Lipinski definition) is 3. The fourth-order valence-electron chi connectivity index (χ4n) is 3.91. The Hall–Kier alpha value is -0.410. The monoisotopic (exact) mass is 267 g/mol. The lowest BCUT2D eigenvalue weighted by Gasteiger charge is -2.35. The summed E-state index contributed by atoms with van der Waals surface area (Å²) in [6.45, 7) is 3.90. The Kier molecular flexibility index (Phi) is 5.40. The van der Waals surface area contributed by atoms with Crippen LogP contribution in [0, 0.1) is 5.41 Å². The fourth-order valence-corrected chi connectivity index (χ4v) is 3.91. The van der Waals surface area contributed by atoms with E-state index in [2.05, 4.69) is 4.90 Å². The largest absolute Gasteiger partial charge is 0.393 e. The van der Waals surface area contributed by atoms with Crippen LogP contribution in [-0.2, 0) is 4.79 Å². The number of carbonyl (C=O) groups is 1. The minimum atomic E-state index is -0.230. The molecule has 0 spiro atoms. The van der Waals surface area contributed by atoms with Crippen LogP contribution in [0.4, 0.5) is 0 Å². The van der Waals surface area contributed by atoms with Gasteiger partial charge in [-0.05, 0) is 45.6 Å². The third-order valence-electron chi connectivity index (χ3n) is 4.98. The van der Waals surface area contributed by atoms with E-state index in [1.54, 1.807) is 0 Å². The van der Waals surface area contributed by atoms with Gasteiger partial charge in [0.05, 0.1) is 6.10 Å². The number of hydrogen-bond donors (Lipinski definition) is 1. The molecule has 0 aromatic carbocycles. The molecule has 0 radical (unpaired) electrons. The van der Waals surface area contributed by atoms with Crippen LogP contribution in [0.15, 0.2) is 0 Å². The molecule has 1 aliphatic heterocycles. The molecule has 3 nitrogen and oxygen atoms in total. The van der Waals surface area contributed by atoms with Crippen molar-refractivity contribution in [2.75, 3.05) is 13.1 Å². The number of carbonyl (C=O) groups excluding carboxylic acids is 1. The molecule has 0 aromatic rings. The molecular weight excluding hydrogens is 238 g/mol. The topological polar surface area (TPSA) is 40.5 Å². The van der Waals surface area contributed by atoms with Crippen molar-refractivity contribution >= 4 is 6.29 Å². The predicted octanol–water partition coefficient (Wildman–Crippen LogP) is 2.76. The first kappa shape index (κ1) is 15.0. The minimum absolute atomic E-state index is 0.0994. The van der Waals surface area contributed by atoms with E-state index in [0.29, 0.717) is 6.04 Å². The van der Waals surface area contributed by atoms with Gasteiger partial charge in [-0.15, -0.1) is 0 Å². The van der Waals surface area contributed by atoms with Crippen LogP contribution >= 0.6 is 0 Å². The van der Waals surface area contributed by atoms with Crippen LogP contribution in [0.2, 0.25) is 0 Å². The quantitative estimate of drug-likeness (QED) is 0.615. The summed E-state index contributed by atoms with van der Waals surface area (Å²) in [6, 6.07) is 0.486. The van der Waals surface area contributed by atoms with Crippen molar-refractivity contribution in [2.24, 2.45) is 5.41 Å². The number of rotatable bonds is 5. The van der Waals surface area contributed by atoms with Gasteiger partial charge >= 0.3 is 0 Å². The van der Waals surface area contributed by atoms with E-state index in [-0.39, 0.29) is 11.5 Å². The first-order valence-electron chi connectivity index (χ1n) is 8.04. The van der Waals surface area contributed by atoms with Crippen LogP contribution < -0.4 is 0 Å². The summed E-state index contributed by atoms with van der Waals surface area (Å²) in [6.07, 6.45) is 11.4. The molecule has 0 amide bonds. The molecule has 1 heterocycles. The second kappa shape index (κ2) is 6.85. The molecule has 2 aliphatic rings. The van der Waals surface area contributed by atoms with Crippen molar-refractivity contribution in [3.63, 3.8) is 0 Å². The van der Waals surface area contributed by atoms with E-state index in [1.165, 1.54) is 44.8 Å². The van der Waals surface area contributed by atoms with Gasteiger partial charge < -0.3 is 9.90 Å². The zero-order valence-electron chi connectivity index (χ0n) is 12.3. The van der Waals surface area contributed by atoms with Crippen molar-refractivity contribution in [1.82, 2.24) is 4.90 Å². The van der Waals surface area contributed by atoms with E-state index >= 15 is 0 Å². The maximum atomic E-state index is 11.7. The summed E-state index contributed by atoms with van der Waals surface area (Å²) in [5.74, 6) is 0. The molecule has 1 aliphatic carbocycles. The van der Waals surface area contributed by atoms with Crippen LogP contribution in [0.3, 0.4) is 0 Å². The molecule has 19 heavy (non-hydrogen) atoms. The third kappa shape index (κ3) is 4.03. The van der Waals surface area contributed by atoms with E-state index in [4.69, 9.17) is 0 Å². The van der Waals surface area contributed by atoms with Gasteiger partial charge in [0.2, 0.25) is 0 Å². The minimum Gasteiger partial charge on any atom is -0.393 e. The van der Waals surface area contributed by atoms with Gasteiger partial charge in [-0.3, -0.25) is 4.90 Å². The van der Waals surface area contributed by atoms with E-state index in [0.717, 1.165) is 32.4 Å². The summed E-state index contributed by atoms with van der Waals surface area (Å²) in [4.78, 5) is 14.2. The molecule has 0 aromatic heterocycles. The lowest BCUT2D eigenvalue weighted by Crippen LogP contribution is -2.42. The van der Waals surface area contributed by atoms with Gasteiger partial charge in [-0.1, -0.05) is 25.7 Å². The van der Waals surface area contributed by atoms with Crippen molar-refractivity contribution in [3.8, 4) is 0 Å². The molecule has 1 saturated heterocycles. The zero-order chi connectivity index (χ0) is 13.7. The van der Waals surface area contributed by atoms with E-state index < -0.39 is 0 Å². The maximum absolute atomic E-state index is 11.7. The third-order valence-corrected chi connectivity index (χ3v) is 4.98. The van der Waals surface area contributed by atoms with Crippen molar-refractivity contribution in [2.45, 2.75) is 76.9 Å². The SMILES string of the molecule is CC(O)CC1CCCN1CC1(C=O)CCCCCC1. The van der Waals surface area contributed by atoms with Gasteiger partial charge in [0.15, 0.2) is 0 Å². The summed E-state index contributed by atoms with van der Waals surface area (Å²) in [5, 5.41) is 9.61. The second-order valence-electron chi connectivity index (χ2n) is 6.75. The molecule has 2 unspecified atom stereocenters. The number of aliphatic hydroxyl groups excluding tert-OH is 1. The summed E-state index contributed by atoms with van der Waals surface area (Å²) >= 11 is 0. The second-order valence-corrected chi connectivity index (χ2v) is 6.75. The molecule has 2 atom stereocenters. The highest BCUT2D eigenvalue weighted by atomic mass is 16.3. The van der Waals surface area contributed by atoms with Gasteiger partial charge in [0, 0.05) is 18.0 Å². The predicted molar refractivity (Wildman–Crippen MR) is 77.1 cm³/mol. The Morgan fingerprint density at radius 1 is 1.26 bits per heavy atom. The van der Waals surface area contributed by atoms with Gasteiger partial charge in [-0.25, -0.2) is 0 Å². The molecule has 2 fully saturated rings. The molecule has 1 N–H and O–H groups in total. The first-order valence-corrected chi connectivity index (χ1v) is 8.04. The summed E-state index contributed by atoms with van der Waals surface area (Å²) in [5.41, 5.74) is -0.0994. The van der Waals surface area contributed by atoms with Gasteiger partial charge in [-0.2, -0.15) is 0 Å². The highest BCUT2D eigenvalue weighted by molar-refractivity contribution is 5.59. The van der Waals surface area contributed by atoms with Crippen LogP contribution in [0.1, 0.15) is 64.7 Å². The lowest BCUT2D eigenvalue weighted by molar-refractivity contribution is -0.118.